The van der Waals surface area contributed by atoms with E-state index in [-0.39, 0.29) is 12.4 Å². The van der Waals surface area contributed by atoms with Crippen LogP contribution in [0, 0.1) is 0 Å². The number of anilines is 1. The second-order valence-electron chi connectivity index (χ2n) is 4.12. The summed E-state index contributed by atoms with van der Waals surface area (Å²) in [5.41, 5.74) is 6.72. The summed E-state index contributed by atoms with van der Waals surface area (Å²) in [6.45, 7) is 0.134. The molecule has 2 N–H and O–H groups in total. The molecule has 0 saturated carbocycles. The van der Waals surface area contributed by atoms with E-state index in [9.17, 15) is 0 Å². The molecule has 8 heteroatoms. The third kappa shape index (κ3) is 2.96. The number of benzene rings is 1. The van der Waals surface area contributed by atoms with Crippen LogP contribution in [-0.4, -0.2) is 19.9 Å². The van der Waals surface area contributed by atoms with Crippen molar-refractivity contribution in [3.63, 3.8) is 0 Å². The Labute approximate surface area is 129 Å². The van der Waals surface area contributed by atoms with Gasteiger partial charge in [-0.05, 0) is 12.1 Å². The smallest absolute Gasteiger partial charge is 0.183 e. The van der Waals surface area contributed by atoms with Gasteiger partial charge in [-0.3, -0.25) is 0 Å². The summed E-state index contributed by atoms with van der Waals surface area (Å²) < 4.78 is 5.56. The molecule has 0 aliphatic carbocycles. The molecule has 3 aromatic rings. The highest BCUT2D eigenvalue weighted by Crippen LogP contribution is 2.26. The summed E-state index contributed by atoms with van der Waals surface area (Å²) in [6, 6.07) is 4.98. The van der Waals surface area contributed by atoms with Gasteiger partial charge in [-0.15, -0.1) is 0 Å². The Bertz CT molecular complexity index is 812. The number of nitrogens with two attached hydrogens (primary N) is 1. The lowest BCUT2D eigenvalue weighted by Crippen LogP contribution is -2.06. The molecule has 0 spiro atoms. The number of hydrogen-bond donors (Lipinski definition) is 1. The quantitative estimate of drug-likeness (QED) is 0.798. The van der Waals surface area contributed by atoms with Crippen LogP contribution in [0.3, 0.4) is 0 Å². The molecule has 3 rings (SSSR count). The molecule has 2 aromatic heterocycles. The number of halogens is 2. The Morgan fingerprint density at radius 2 is 1.86 bits per heavy atom. The first kappa shape index (κ1) is 13.8. The van der Waals surface area contributed by atoms with Gasteiger partial charge in [-0.2, -0.15) is 0 Å². The summed E-state index contributed by atoms with van der Waals surface area (Å²) in [5, 5.41) is 0.879. The summed E-state index contributed by atoms with van der Waals surface area (Å²) in [6.07, 6.45) is 3.08. The molecule has 6 nitrogen and oxygen atoms in total. The van der Waals surface area contributed by atoms with E-state index in [1.165, 1.54) is 6.20 Å². The van der Waals surface area contributed by atoms with Gasteiger partial charge < -0.3 is 10.5 Å². The van der Waals surface area contributed by atoms with Crippen molar-refractivity contribution in [3.8, 4) is 5.75 Å². The minimum Gasteiger partial charge on any atom is -0.486 e. The third-order valence-corrected chi connectivity index (χ3v) is 3.40. The first-order chi connectivity index (χ1) is 10.1. The van der Waals surface area contributed by atoms with E-state index in [1.807, 2.05) is 0 Å². The summed E-state index contributed by atoms with van der Waals surface area (Å²) >= 11 is 11.8. The van der Waals surface area contributed by atoms with Crippen molar-refractivity contribution in [2.45, 2.75) is 6.61 Å². The summed E-state index contributed by atoms with van der Waals surface area (Å²) in [5.74, 6) is 1.23. The van der Waals surface area contributed by atoms with Crippen LogP contribution in [0.4, 0.5) is 5.82 Å². The van der Waals surface area contributed by atoms with Crippen LogP contribution >= 0.6 is 23.2 Å². The number of aromatic nitrogens is 4. The van der Waals surface area contributed by atoms with Gasteiger partial charge >= 0.3 is 0 Å². The Kier molecular flexibility index (Phi) is 3.72. The van der Waals surface area contributed by atoms with Crippen LogP contribution in [0.5, 0.6) is 5.75 Å². The highest BCUT2D eigenvalue weighted by molar-refractivity contribution is 6.42. The van der Waals surface area contributed by atoms with E-state index in [4.69, 9.17) is 33.7 Å². The highest BCUT2D eigenvalue weighted by atomic mass is 35.5. The van der Waals surface area contributed by atoms with Gasteiger partial charge in [-0.25, -0.2) is 19.9 Å². The monoisotopic (exact) mass is 321 g/mol. The molecular formula is C13H9Cl2N5O. The number of nitrogen functional groups attached to an aromatic ring is 1. The minimum absolute atomic E-state index is 0.134. The molecular weight excluding hydrogens is 313 g/mol. The first-order valence-corrected chi connectivity index (χ1v) is 6.70. The van der Waals surface area contributed by atoms with Crippen LogP contribution in [0.1, 0.15) is 5.82 Å². The van der Waals surface area contributed by atoms with E-state index in [0.29, 0.717) is 32.8 Å². The van der Waals surface area contributed by atoms with Gasteiger partial charge in [0.15, 0.2) is 17.3 Å². The maximum absolute atomic E-state index is 5.92. The molecule has 0 fully saturated rings. The molecule has 0 saturated heterocycles. The normalized spacial score (nSPS) is 10.8. The SMILES string of the molecule is Nc1nc(COc2ccc(Cl)c(Cl)c2)nc2nccnc12. The van der Waals surface area contributed by atoms with Crippen LogP contribution in [0.2, 0.25) is 10.0 Å². The van der Waals surface area contributed by atoms with E-state index in [1.54, 1.807) is 24.4 Å². The van der Waals surface area contributed by atoms with Crippen molar-refractivity contribution in [2.24, 2.45) is 0 Å². The zero-order valence-corrected chi connectivity index (χ0v) is 12.1. The Balaban J connectivity index is 1.83. The predicted octanol–water partition coefficient (Wildman–Crippen LogP) is 2.89. The Hall–Kier alpha value is -2.18. The topological polar surface area (TPSA) is 86.8 Å². The lowest BCUT2D eigenvalue weighted by Gasteiger charge is -2.07. The van der Waals surface area contributed by atoms with Gasteiger partial charge in [-0.1, -0.05) is 23.2 Å². The molecule has 0 atom stereocenters. The number of ether oxygens (including phenoxy) is 1. The van der Waals surface area contributed by atoms with E-state index in [0.717, 1.165) is 0 Å². The van der Waals surface area contributed by atoms with Gasteiger partial charge in [0.25, 0.3) is 0 Å². The van der Waals surface area contributed by atoms with Crippen LogP contribution in [0.15, 0.2) is 30.6 Å². The first-order valence-electron chi connectivity index (χ1n) is 5.94. The van der Waals surface area contributed by atoms with Crippen molar-refractivity contribution in [1.29, 1.82) is 0 Å². The number of rotatable bonds is 3. The fraction of sp³-hybridized carbons (Fsp3) is 0.0769. The molecule has 0 bridgehead atoms. The van der Waals surface area contributed by atoms with Gasteiger partial charge in [0.1, 0.15) is 17.9 Å². The maximum Gasteiger partial charge on any atom is 0.183 e. The van der Waals surface area contributed by atoms with Crippen molar-refractivity contribution >= 4 is 40.2 Å². The standard InChI is InChI=1S/C13H9Cl2N5O/c14-8-2-1-7(5-9(8)15)21-6-10-19-12(16)11-13(20-10)18-4-3-17-11/h1-5H,6H2,(H2,16,18,19,20). The molecule has 0 radical (unpaired) electrons. The fourth-order valence-electron chi connectivity index (χ4n) is 1.71. The number of fused-ring (bicyclic) bond motifs is 1. The van der Waals surface area contributed by atoms with Crippen molar-refractivity contribution < 1.29 is 4.74 Å². The Morgan fingerprint density at radius 1 is 1.05 bits per heavy atom. The molecule has 0 aliphatic heterocycles. The Morgan fingerprint density at radius 3 is 2.67 bits per heavy atom. The van der Waals surface area contributed by atoms with Crippen LogP contribution in [-0.2, 0) is 6.61 Å². The van der Waals surface area contributed by atoms with Gasteiger partial charge in [0.2, 0.25) is 0 Å². The second kappa shape index (κ2) is 5.67. The highest BCUT2D eigenvalue weighted by Gasteiger charge is 2.08. The number of hydrogen-bond acceptors (Lipinski definition) is 6. The summed E-state index contributed by atoms with van der Waals surface area (Å²) in [4.78, 5) is 16.6. The van der Waals surface area contributed by atoms with E-state index in [2.05, 4.69) is 19.9 Å². The molecule has 21 heavy (non-hydrogen) atoms. The molecule has 2 heterocycles. The minimum atomic E-state index is 0.134. The van der Waals surface area contributed by atoms with E-state index >= 15 is 0 Å². The van der Waals surface area contributed by atoms with Gasteiger partial charge in [0, 0.05) is 18.5 Å². The fourth-order valence-corrected chi connectivity index (χ4v) is 2.00. The largest absolute Gasteiger partial charge is 0.486 e. The molecule has 106 valence electrons. The maximum atomic E-state index is 5.92. The molecule has 0 amide bonds. The average molecular weight is 322 g/mol. The number of nitrogens with zero attached hydrogens (tertiary/aromatic N) is 4. The molecule has 0 unspecified atom stereocenters. The van der Waals surface area contributed by atoms with Crippen LogP contribution in [0.25, 0.3) is 11.2 Å². The van der Waals surface area contributed by atoms with Crippen LogP contribution < -0.4 is 10.5 Å². The van der Waals surface area contributed by atoms with Crippen molar-refractivity contribution in [2.75, 3.05) is 5.73 Å². The summed E-state index contributed by atoms with van der Waals surface area (Å²) in [7, 11) is 0. The second-order valence-corrected chi connectivity index (χ2v) is 4.93. The molecule has 0 aliphatic rings. The van der Waals surface area contributed by atoms with Crippen molar-refractivity contribution in [1.82, 2.24) is 19.9 Å². The lowest BCUT2D eigenvalue weighted by molar-refractivity contribution is 0.296. The molecule has 1 aromatic carbocycles. The third-order valence-electron chi connectivity index (χ3n) is 2.67. The van der Waals surface area contributed by atoms with E-state index < -0.39 is 0 Å². The average Bonchev–Trinajstić information content (AvgIpc) is 2.49. The predicted molar refractivity (Wildman–Crippen MR) is 80.3 cm³/mol. The lowest BCUT2D eigenvalue weighted by atomic mass is 10.3. The van der Waals surface area contributed by atoms with Crippen molar-refractivity contribution in [3.05, 3.63) is 46.5 Å². The zero-order valence-electron chi connectivity index (χ0n) is 10.6. The zero-order chi connectivity index (χ0) is 14.8. The van der Waals surface area contributed by atoms with Gasteiger partial charge in [0.05, 0.1) is 10.0 Å².